The van der Waals surface area contributed by atoms with Crippen LogP contribution in [0.2, 0.25) is 0 Å². The Balaban J connectivity index is 2.58. The monoisotopic (exact) mass is 249 g/mol. The van der Waals surface area contributed by atoms with Gasteiger partial charge in [-0.25, -0.2) is 0 Å². The van der Waals surface area contributed by atoms with Crippen LogP contribution in [0.4, 0.5) is 5.69 Å². The minimum absolute atomic E-state index is 0.0728. The Hall–Kier alpha value is -1.51. The molecule has 0 aliphatic heterocycles. The molecular weight excluding hydrogens is 226 g/mol. The summed E-state index contributed by atoms with van der Waals surface area (Å²) in [7, 11) is 2.07. The SMILES string of the molecule is CC(C)C(=O)OCc1ccc(N(C)C(C)C)cc1. The molecule has 3 heteroatoms. The van der Waals surface area contributed by atoms with E-state index in [-0.39, 0.29) is 11.9 Å². The summed E-state index contributed by atoms with van der Waals surface area (Å²) >= 11 is 0. The molecule has 1 aromatic carbocycles. The Morgan fingerprint density at radius 1 is 1.17 bits per heavy atom. The third-order valence-electron chi connectivity index (χ3n) is 2.97. The van der Waals surface area contributed by atoms with Gasteiger partial charge in [0.15, 0.2) is 0 Å². The van der Waals surface area contributed by atoms with Gasteiger partial charge in [0.25, 0.3) is 0 Å². The molecule has 0 aliphatic rings. The molecule has 18 heavy (non-hydrogen) atoms. The summed E-state index contributed by atoms with van der Waals surface area (Å²) in [5, 5.41) is 0. The van der Waals surface area contributed by atoms with Crippen LogP contribution in [0.5, 0.6) is 0 Å². The zero-order chi connectivity index (χ0) is 13.7. The highest BCUT2D eigenvalue weighted by molar-refractivity contribution is 5.71. The lowest BCUT2D eigenvalue weighted by molar-refractivity contribution is -0.148. The molecule has 0 spiro atoms. The Morgan fingerprint density at radius 2 is 1.72 bits per heavy atom. The highest BCUT2D eigenvalue weighted by Crippen LogP contribution is 2.16. The van der Waals surface area contributed by atoms with Gasteiger partial charge in [-0.15, -0.1) is 0 Å². The van der Waals surface area contributed by atoms with E-state index in [1.807, 2.05) is 26.0 Å². The number of hydrogen-bond acceptors (Lipinski definition) is 3. The number of carbonyl (C=O) groups is 1. The molecule has 0 heterocycles. The van der Waals surface area contributed by atoms with E-state index in [1.165, 1.54) is 5.69 Å². The van der Waals surface area contributed by atoms with E-state index in [9.17, 15) is 4.79 Å². The largest absolute Gasteiger partial charge is 0.461 e. The van der Waals surface area contributed by atoms with E-state index < -0.39 is 0 Å². The van der Waals surface area contributed by atoms with E-state index in [2.05, 4.69) is 37.9 Å². The number of esters is 1. The van der Waals surface area contributed by atoms with Gasteiger partial charge in [0.1, 0.15) is 6.61 Å². The first kappa shape index (κ1) is 14.6. The lowest BCUT2D eigenvalue weighted by Crippen LogP contribution is -2.25. The maximum absolute atomic E-state index is 11.4. The van der Waals surface area contributed by atoms with E-state index in [0.29, 0.717) is 12.6 Å². The number of rotatable bonds is 5. The Labute approximate surface area is 110 Å². The second-order valence-electron chi connectivity index (χ2n) is 5.13. The summed E-state index contributed by atoms with van der Waals surface area (Å²) in [5.41, 5.74) is 2.19. The molecule has 3 nitrogen and oxygen atoms in total. The third kappa shape index (κ3) is 4.06. The van der Waals surface area contributed by atoms with Crippen LogP contribution in [0.3, 0.4) is 0 Å². The summed E-state index contributed by atoms with van der Waals surface area (Å²) in [6, 6.07) is 8.58. The predicted octanol–water partition coefficient (Wildman–Crippen LogP) is 3.23. The molecule has 0 atom stereocenters. The maximum Gasteiger partial charge on any atom is 0.308 e. The quantitative estimate of drug-likeness (QED) is 0.750. The fraction of sp³-hybridized carbons (Fsp3) is 0.533. The zero-order valence-electron chi connectivity index (χ0n) is 11.9. The predicted molar refractivity (Wildman–Crippen MR) is 74.6 cm³/mol. The summed E-state index contributed by atoms with van der Waals surface area (Å²) in [6.45, 7) is 8.32. The minimum Gasteiger partial charge on any atom is -0.461 e. The average molecular weight is 249 g/mol. The lowest BCUT2D eigenvalue weighted by atomic mass is 10.2. The molecule has 0 N–H and O–H groups in total. The molecule has 0 unspecified atom stereocenters. The van der Waals surface area contributed by atoms with Crippen molar-refractivity contribution in [3.63, 3.8) is 0 Å². The van der Waals surface area contributed by atoms with Crippen LogP contribution in [0.15, 0.2) is 24.3 Å². The van der Waals surface area contributed by atoms with Gasteiger partial charge in [-0.3, -0.25) is 4.79 Å². The van der Waals surface area contributed by atoms with E-state index in [0.717, 1.165) is 5.56 Å². The number of hydrogen-bond donors (Lipinski definition) is 0. The lowest BCUT2D eigenvalue weighted by Gasteiger charge is -2.23. The van der Waals surface area contributed by atoms with Crippen LogP contribution >= 0.6 is 0 Å². The fourth-order valence-electron chi connectivity index (χ4n) is 1.45. The average Bonchev–Trinajstić information content (AvgIpc) is 2.35. The van der Waals surface area contributed by atoms with Crippen molar-refractivity contribution in [2.24, 2.45) is 5.92 Å². The van der Waals surface area contributed by atoms with Gasteiger partial charge in [-0.2, -0.15) is 0 Å². The number of carbonyl (C=O) groups excluding carboxylic acids is 1. The van der Waals surface area contributed by atoms with Crippen molar-refractivity contribution in [2.75, 3.05) is 11.9 Å². The van der Waals surface area contributed by atoms with Gasteiger partial charge in [-0.1, -0.05) is 26.0 Å². The first-order valence-corrected chi connectivity index (χ1v) is 6.40. The van der Waals surface area contributed by atoms with Crippen molar-refractivity contribution in [3.8, 4) is 0 Å². The summed E-state index contributed by atoms with van der Waals surface area (Å²) in [5.74, 6) is -0.227. The highest BCUT2D eigenvalue weighted by atomic mass is 16.5. The molecule has 0 saturated heterocycles. The van der Waals surface area contributed by atoms with Crippen molar-refractivity contribution in [2.45, 2.75) is 40.3 Å². The second kappa shape index (κ2) is 6.43. The van der Waals surface area contributed by atoms with Gasteiger partial charge in [0, 0.05) is 18.8 Å². The molecule has 0 aliphatic carbocycles. The molecule has 0 bridgehead atoms. The molecule has 0 saturated carbocycles. The third-order valence-corrected chi connectivity index (χ3v) is 2.97. The van der Waals surface area contributed by atoms with Gasteiger partial charge >= 0.3 is 5.97 Å². The first-order chi connectivity index (χ1) is 8.41. The molecule has 0 fully saturated rings. The Morgan fingerprint density at radius 3 is 2.17 bits per heavy atom. The standard InChI is InChI=1S/C15H23NO2/c1-11(2)15(17)18-10-13-6-8-14(9-7-13)16(5)12(3)4/h6-9,11-12H,10H2,1-5H3. The normalized spacial score (nSPS) is 10.8. The molecule has 0 radical (unpaired) electrons. The first-order valence-electron chi connectivity index (χ1n) is 6.40. The molecule has 0 amide bonds. The van der Waals surface area contributed by atoms with Crippen LogP contribution in [0, 0.1) is 5.92 Å². The molecular formula is C15H23NO2. The van der Waals surface area contributed by atoms with E-state index in [4.69, 9.17) is 4.74 Å². The van der Waals surface area contributed by atoms with Crippen molar-refractivity contribution in [1.29, 1.82) is 0 Å². The topological polar surface area (TPSA) is 29.5 Å². The number of ether oxygens (including phenoxy) is 1. The van der Waals surface area contributed by atoms with Gasteiger partial charge < -0.3 is 9.64 Å². The van der Waals surface area contributed by atoms with E-state index in [1.54, 1.807) is 0 Å². The van der Waals surface area contributed by atoms with Crippen molar-refractivity contribution in [3.05, 3.63) is 29.8 Å². The number of anilines is 1. The van der Waals surface area contributed by atoms with E-state index >= 15 is 0 Å². The number of benzene rings is 1. The van der Waals surface area contributed by atoms with Crippen LogP contribution < -0.4 is 4.90 Å². The van der Waals surface area contributed by atoms with Crippen molar-refractivity contribution in [1.82, 2.24) is 0 Å². The summed E-state index contributed by atoms with van der Waals surface area (Å²) in [4.78, 5) is 13.5. The maximum atomic E-state index is 11.4. The summed E-state index contributed by atoms with van der Waals surface area (Å²) in [6.07, 6.45) is 0. The molecule has 1 rings (SSSR count). The van der Waals surface area contributed by atoms with Crippen LogP contribution in [-0.4, -0.2) is 19.1 Å². The zero-order valence-corrected chi connectivity index (χ0v) is 11.9. The molecule has 0 aromatic heterocycles. The smallest absolute Gasteiger partial charge is 0.308 e. The fourth-order valence-corrected chi connectivity index (χ4v) is 1.45. The van der Waals surface area contributed by atoms with Crippen LogP contribution in [0.1, 0.15) is 33.3 Å². The van der Waals surface area contributed by atoms with Crippen LogP contribution in [0.25, 0.3) is 0 Å². The highest BCUT2D eigenvalue weighted by Gasteiger charge is 2.09. The second-order valence-corrected chi connectivity index (χ2v) is 5.13. The minimum atomic E-state index is -0.154. The van der Waals surface area contributed by atoms with Crippen molar-refractivity contribution < 1.29 is 9.53 Å². The molecule has 1 aromatic rings. The van der Waals surface area contributed by atoms with Crippen LogP contribution in [-0.2, 0) is 16.1 Å². The summed E-state index contributed by atoms with van der Waals surface area (Å²) < 4.78 is 5.18. The molecule has 100 valence electrons. The number of nitrogens with zero attached hydrogens (tertiary/aromatic N) is 1. The van der Waals surface area contributed by atoms with Gasteiger partial charge in [0.05, 0.1) is 5.92 Å². The van der Waals surface area contributed by atoms with Gasteiger partial charge in [-0.05, 0) is 31.5 Å². The van der Waals surface area contributed by atoms with Crippen molar-refractivity contribution >= 4 is 11.7 Å². The Kier molecular flexibility index (Phi) is 5.20. The van der Waals surface area contributed by atoms with Gasteiger partial charge in [0.2, 0.25) is 0 Å². The Bertz CT molecular complexity index is 382.